The molecule has 3 rings (SSSR count). The maximum Gasteiger partial charge on any atom is 0.264 e. The van der Waals surface area contributed by atoms with Gasteiger partial charge in [-0.25, -0.2) is 13.1 Å². The van der Waals surface area contributed by atoms with E-state index in [0.29, 0.717) is 34.2 Å². The lowest BCUT2D eigenvalue weighted by Crippen LogP contribution is -2.39. The Morgan fingerprint density at radius 3 is 2.26 bits per heavy atom. The van der Waals surface area contributed by atoms with Crippen LogP contribution >= 0.6 is 23.2 Å². The van der Waals surface area contributed by atoms with Crippen molar-refractivity contribution in [2.24, 2.45) is 0 Å². The highest BCUT2D eigenvalue weighted by Crippen LogP contribution is 2.51. The molecule has 0 saturated heterocycles. The normalized spacial score (nSPS) is 15.1. The van der Waals surface area contributed by atoms with Crippen molar-refractivity contribution in [2.75, 3.05) is 14.2 Å². The summed E-state index contributed by atoms with van der Waals surface area (Å²) in [5.74, 6) is 0.00518. The fourth-order valence-corrected chi connectivity index (χ4v) is 4.54. The second-order valence-corrected chi connectivity index (χ2v) is 8.68. The van der Waals surface area contributed by atoms with Crippen LogP contribution in [-0.2, 0) is 20.2 Å². The summed E-state index contributed by atoms with van der Waals surface area (Å²) in [6.45, 7) is 0. The van der Waals surface area contributed by atoms with Crippen LogP contribution in [0.25, 0.3) is 0 Å². The fourth-order valence-electron chi connectivity index (χ4n) is 2.88. The molecule has 2 aromatic rings. The lowest BCUT2D eigenvalue weighted by Gasteiger charge is -2.18. The number of methoxy groups -OCH3 is 2. The topological polar surface area (TPSA) is 81.7 Å². The predicted octanol–water partition coefficient (Wildman–Crippen LogP) is 3.55. The summed E-state index contributed by atoms with van der Waals surface area (Å²) in [6.07, 6.45) is 1.00. The van der Waals surface area contributed by atoms with Crippen LogP contribution in [-0.4, -0.2) is 28.5 Å². The van der Waals surface area contributed by atoms with Crippen LogP contribution in [0, 0.1) is 0 Å². The van der Waals surface area contributed by atoms with Gasteiger partial charge in [0.05, 0.1) is 24.5 Å². The Morgan fingerprint density at radius 1 is 1.04 bits per heavy atom. The first-order valence-electron chi connectivity index (χ1n) is 7.98. The number of hydrogen-bond acceptors (Lipinski definition) is 5. The standard InChI is InChI=1S/C18H17Cl2NO5S/c1-25-15-6-4-12(10-16(15)26-2)27(23,24)21-17(22)18(7-8-18)13-5-3-11(19)9-14(13)20/h3-6,9-10H,7-8H2,1-2H3,(H,21,22). The Morgan fingerprint density at radius 2 is 1.70 bits per heavy atom. The Kier molecular flexibility index (Phi) is 5.29. The highest BCUT2D eigenvalue weighted by Gasteiger charge is 2.53. The van der Waals surface area contributed by atoms with Crippen molar-refractivity contribution >= 4 is 39.1 Å². The molecule has 6 nitrogen and oxygen atoms in total. The molecular weight excluding hydrogens is 413 g/mol. The molecule has 0 aromatic heterocycles. The van der Waals surface area contributed by atoms with Gasteiger partial charge in [0.25, 0.3) is 10.0 Å². The summed E-state index contributed by atoms with van der Waals surface area (Å²) in [7, 11) is -1.25. The van der Waals surface area contributed by atoms with Gasteiger partial charge in [0, 0.05) is 16.1 Å². The van der Waals surface area contributed by atoms with Crippen molar-refractivity contribution in [3.63, 3.8) is 0 Å². The molecule has 0 radical (unpaired) electrons. The summed E-state index contributed by atoms with van der Waals surface area (Å²) >= 11 is 12.1. The third-order valence-electron chi connectivity index (χ3n) is 4.52. The van der Waals surface area contributed by atoms with Crippen LogP contribution in [0.15, 0.2) is 41.3 Å². The van der Waals surface area contributed by atoms with Gasteiger partial charge in [0.2, 0.25) is 5.91 Å². The number of benzene rings is 2. The van der Waals surface area contributed by atoms with E-state index in [9.17, 15) is 13.2 Å². The number of nitrogens with one attached hydrogen (secondary N) is 1. The van der Waals surface area contributed by atoms with Crippen molar-refractivity contribution in [3.05, 3.63) is 52.0 Å². The summed E-state index contributed by atoms with van der Waals surface area (Å²) in [6, 6.07) is 8.91. The molecule has 0 aliphatic heterocycles. The maximum atomic E-state index is 12.8. The highest BCUT2D eigenvalue weighted by molar-refractivity contribution is 7.90. The quantitative estimate of drug-likeness (QED) is 0.758. The predicted molar refractivity (Wildman–Crippen MR) is 102 cm³/mol. The van der Waals surface area contributed by atoms with Crippen LogP contribution in [0.1, 0.15) is 18.4 Å². The Hall–Kier alpha value is -1.96. The zero-order chi connectivity index (χ0) is 19.8. The smallest absolute Gasteiger partial charge is 0.264 e. The van der Waals surface area contributed by atoms with E-state index in [1.165, 1.54) is 38.5 Å². The van der Waals surface area contributed by atoms with E-state index in [2.05, 4.69) is 4.72 Å². The molecule has 1 saturated carbocycles. The first-order chi connectivity index (χ1) is 12.7. The van der Waals surface area contributed by atoms with E-state index in [1.54, 1.807) is 12.1 Å². The molecule has 1 amide bonds. The minimum Gasteiger partial charge on any atom is -0.493 e. The molecule has 1 aliphatic rings. The molecule has 1 fully saturated rings. The van der Waals surface area contributed by atoms with E-state index in [1.807, 2.05) is 0 Å². The van der Waals surface area contributed by atoms with Gasteiger partial charge in [-0.2, -0.15) is 0 Å². The summed E-state index contributed by atoms with van der Waals surface area (Å²) in [4.78, 5) is 12.7. The molecule has 1 N–H and O–H groups in total. The average Bonchev–Trinajstić information content (AvgIpc) is 3.42. The second-order valence-electron chi connectivity index (χ2n) is 6.16. The number of carbonyl (C=O) groups is 1. The van der Waals surface area contributed by atoms with Crippen LogP contribution in [0.4, 0.5) is 0 Å². The van der Waals surface area contributed by atoms with E-state index in [4.69, 9.17) is 32.7 Å². The molecule has 0 atom stereocenters. The number of rotatable bonds is 6. The van der Waals surface area contributed by atoms with Gasteiger partial charge in [0.15, 0.2) is 11.5 Å². The van der Waals surface area contributed by atoms with Gasteiger partial charge in [-0.15, -0.1) is 0 Å². The molecule has 0 bridgehead atoms. The number of ether oxygens (including phenoxy) is 2. The summed E-state index contributed by atoms with van der Waals surface area (Å²) < 4.78 is 37.7. The molecule has 0 spiro atoms. The van der Waals surface area contributed by atoms with Crippen LogP contribution in [0.2, 0.25) is 10.0 Å². The van der Waals surface area contributed by atoms with Crippen LogP contribution in [0.3, 0.4) is 0 Å². The van der Waals surface area contributed by atoms with Crippen molar-refractivity contribution in [2.45, 2.75) is 23.2 Å². The third kappa shape index (κ3) is 3.72. The number of sulfonamides is 1. The molecular formula is C18H17Cl2NO5S. The number of carbonyl (C=O) groups excluding carboxylic acids is 1. The molecule has 27 heavy (non-hydrogen) atoms. The first-order valence-corrected chi connectivity index (χ1v) is 10.2. The van der Waals surface area contributed by atoms with Crippen molar-refractivity contribution < 1.29 is 22.7 Å². The monoisotopic (exact) mass is 429 g/mol. The van der Waals surface area contributed by atoms with Crippen molar-refractivity contribution in [1.29, 1.82) is 0 Å². The minimum atomic E-state index is -4.09. The van der Waals surface area contributed by atoms with Crippen LogP contribution < -0.4 is 14.2 Å². The van der Waals surface area contributed by atoms with Gasteiger partial charge < -0.3 is 9.47 Å². The molecule has 2 aromatic carbocycles. The van der Waals surface area contributed by atoms with Gasteiger partial charge in [0.1, 0.15) is 0 Å². The van der Waals surface area contributed by atoms with Crippen molar-refractivity contribution in [1.82, 2.24) is 4.72 Å². The van der Waals surface area contributed by atoms with E-state index >= 15 is 0 Å². The molecule has 0 unspecified atom stereocenters. The zero-order valence-electron chi connectivity index (χ0n) is 14.6. The lowest BCUT2D eigenvalue weighted by molar-refractivity contribution is -0.121. The van der Waals surface area contributed by atoms with Gasteiger partial charge in [-0.05, 0) is 42.7 Å². The molecule has 144 valence electrons. The van der Waals surface area contributed by atoms with Gasteiger partial charge in [-0.1, -0.05) is 29.3 Å². The van der Waals surface area contributed by atoms with E-state index < -0.39 is 21.3 Å². The van der Waals surface area contributed by atoms with E-state index in [-0.39, 0.29) is 10.6 Å². The number of hydrogen-bond donors (Lipinski definition) is 1. The van der Waals surface area contributed by atoms with Crippen molar-refractivity contribution in [3.8, 4) is 11.5 Å². The zero-order valence-corrected chi connectivity index (χ0v) is 16.9. The number of amides is 1. The Bertz CT molecular complexity index is 1000. The Labute approximate surface area is 167 Å². The summed E-state index contributed by atoms with van der Waals surface area (Å²) in [5, 5.41) is 0.775. The van der Waals surface area contributed by atoms with Gasteiger partial charge >= 0.3 is 0 Å². The Balaban J connectivity index is 1.89. The SMILES string of the molecule is COc1ccc(S(=O)(=O)NC(=O)C2(c3ccc(Cl)cc3Cl)CC2)cc1OC. The maximum absolute atomic E-state index is 12.8. The van der Waals surface area contributed by atoms with E-state index in [0.717, 1.165) is 0 Å². The molecule has 9 heteroatoms. The lowest BCUT2D eigenvalue weighted by atomic mass is 9.95. The highest BCUT2D eigenvalue weighted by atomic mass is 35.5. The molecule has 1 aliphatic carbocycles. The fraction of sp³-hybridized carbons (Fsp3) is 0.278. The van der Waals surface area contributed by atoms with Gasteiger partial charge in [-0.3, -0.25) is 4.79 Å². The van der Waals surface area contributed by atoms with Crippen LogP contribution in [0.5, 0.6) is 11.5 Å². The number of halogens is 2. The molecule has 0 heterocycles. The minimum absolute atomic E-state index is 0.105. The summed E-state index contributed by atoms with van der Waals surface area (Å²) in [5.41, 5.74) is -0.403. The second kappa shape index (κ2) is 7.22. The largest absolute Gasteiger partial charge is 0.493 e. The third-order valence-corrected chi connectivity index (χ3v) is 6.40. The first kappa shape index (κ1) is 19.8. The average molecular weight is 430 g/mol.